The van der Waals surface area contributed by atoms with Gasteiger partial charge in [0.05, 0.1) is 5.56 Å². The summed E-state index contributed by atoms with van der Waals surface area (Å²) in [4.78, 5) is 11.4. The fourth-order valence-electron chi connectivity index (χ4n) is 2.46. The smallest absolute Gasteiger partial charge is 0.252 e. The fraction of sp³-hybridized carbons (Fsp3) is 0.500. The first kappa shape index (κ1) is 12.7. The molecule has 18 heavy (non-hydrogen) atoms. The van der Waals surface area contributed by atoms with Crippen molar-refractivity contribution in [3.63, 3.8) is 0 Å². The molecule has 2 atom stereocenters. The van der Waals surface area contributed by atoms with Gasteiger partial charge in [-0.3, -0.25) is 4.79 Å². The number of carbonyl (C=O) groups is 1. The van der Waals surface area contributed by atoms with Gasteiger partial charge < -0.3 is 16.2 Å². The number of nitrogens with two attached hydrogens (primary N) is 2. The number of benzene rings is 1. The predicted molar refractivity (Wildman–Crippen MR) is 71.4 cm³/mol. The Labute approximate surface area is 107 Å². The van der Waals surface area contributed by atoms with E-state index in [0.717, 1.165) is 6.42 Å². The van der Waals surface area contributed by atoms with E-state index in [2.05, 4.69) is 6.92 Å². The van der Waals surface area contributed by atoms with E-state index >= 15 is 0 Å². The van der Waals surface area contributed by atoms with Crippen LogP contribution in [0.1, 0.15) is 43.0 Å². The molecule has 2 rings (SSSR count). The average Bonchev–Trinajstić information content (AvgIpc) is 2.34. The van der Waals surface area contributed by atoms with E-state index in [1.54, 1.807) is 18.2 Å². The third-order valence-electron chi connectivity index (χ3n) is 3.58. The predicted octanol–water partition coefficient (Wildman–Crippen LogP) is 2.33. The number of nitrogen functional groups attached to an aromatic ring is 1. The molecule has 4 nitrogen and oxygen atoms in total. The van der Waals surface area contributed by atoms with Crippen LogP contribution in [0.4, 0.5) is 5.69 Å². The highest BCUT2D eigenvalue weighted by Gasteiger charge is 2.24. The van der Waals surface area contributed by atoms with Gasteiger partial charge in [-0.25, -0.2) is 0 Å². The van der Waals surface area contributed by atoms with Crippen molar-refractivity contribution in [2.75, 3.05) is 5.73 Å². The molecular weight excluding hydrogens is 228 g/mol. The number of ether oxygens (including phenoxy) is 1. The second-order valence-electron chi connectivity index (χ2n) is 5.04. The van der Waals surface area contributed by atoms with Crippen LogP contribution >= 0.6 is 0 Å². The van der Waals surface area contributed by atoms with Crippen molar-refractivity contribution in [1.29, 1.82) is 0 Å². The molecule has 1 aliphatic carbocycles. The minimum atomic E-state index is -0.499. The number of carbonyl (C=O) groups excluding carboxylic acids is 1. The van der Waals surface area contributed by atoms with Crippen molar-refractivity contribution in [3.8, 4) is 5.75 Å². The lowest BCUT2D eigenvalue weighted by atomic mass is 9.88. The van der Waals surface area contributed by atoms with E-state index in [1.807, 2.05) is 0 Å². The van der Waals surface area contributed by atoms with Crippen molar-refractivity contribution < 1.29 is 9.53 Å². The number of amides is 1. The van der Waals surface area contributed by atoms with Crippen molar-refractivity contribution in [1.82, 2.24) is 0 Å². The Balaban J connectivity index is 2.20. The third-order valence-corrected chi connectivity index (χ3v) is 3.58. The molecule has 1 aliphatic rings. The summed E-state index contributed by atoms with van der Waals surface area (Å²) in [5, 5.41) is 0. The monoisotopic (exact) mass is 248 g/mol. The highest BCUT2D eigenvalue weighted by Crippen LogP contribution is 2.30. The number of primary amides is 1. The van der Waals surface area contributed by atoms with Crippen LogP contribution in [0.25, 0.3) is 0 Å². The first-order chi connectivity index (χ1) is 8.58. The maximum absolute atomic E-state index is 11.4. The lowest BCUT2D eigenvalue weighted by Crippen LogP contribution is -2.29. The second kappa shape index (κ2) is 5.29. The van der Waals surface area contributed by atoms with Crippen LogP contribution in [-0.2, 0) is 0 Å². The lowest BCUT2D eigenvalue weighted by Gasteiger charge is -2.29. The van der Waals surface area contributed by atoms with E-state index in [0.29, 0.717) is 22.9 Å². The quantitative estimate of drug-likeness (QED) is 0.806. The van der Waals surface area contributed by atoms with Crippen molar-refractivity contribution in [3.05, 3.63) is 23.8 Å². The van der Waals surface area contributed by atoms with Gasteiger partial charge in [0.25, 0.3) is 5.91 Å². The molecule has 1 amide bonds. The normalized spacial score (nSPS) is 23.6. The maximum Gasteiger partial charge on any atom is 0.252 e. The molecule has 2 unspecified atom stereocenters. The standard InChI is InChI=1S/C14H20N2O2/c1-9-4-2-3-5-12(9)18-13-7-6-10(15)8-11(13)14(16)17/h6-9,12H,2-5,15H2,1H3,(H2,16,17). The highest BCUT2D eigenvalue weighted by molar-refractivity contribution is 5.96. The Morgan fingerprint density at radius 1 is 1.33 bits per heavy atom. The lowest BCUT2D eigenvalue weighted by molar-refractivity contribution is 0.0934. The van der Waals surface area contributed by atoms with Crippen molar-refractivity contribution in [2.45, 2.75) is 38.7 Å². The van der Waals surface area contributed by atoms with Gasteiger partial charge in [-0.1, -0.05) is 13.3 Å². The summed E-state index contributed by atoms with van der Waals surface area (Å²) >= 11 is 0. The van der Waals surface area contributed by atoms with Crippen LogP contribution in [0.2, 0.25) is 0 Å². The Morgan fingerprint density at radius 2 is 2.06 bits per heavy atom. The molecule has 0 heterocycles. The molecule has 98 valence electrons. The second-order valence-corrected chi connectivity index (χ2v) is 5.04. The molecule has 1 aromatic rings. The zero-order valence-electron chi connectivity index (χ0n) is 10.7. The largest absolute Gasteiger partial charge is 0.489 e. The number of hydrogen-bond acceptors (Lipinski definition) is 3. The van der Waals surface area contributed by atoms with E-state index < -0.39 is 5.91 Å². The topological polar surface area (TPSA) is 78.3 Å². The molecule has 0 spiro atoms. The van der Waals surface area contributed by atoms with Crippen LogP contribution in [-0.4, -0.2) is 12.0 Å². The van der Waals surface area contributed by atoms with Gasteiger partial charge in [0.15, 0.2) is 0 Å². The molecule has 1 fully saturated rings. The van der Waals surface area contributed by atoms with E-state index in [1.165, 1.54) is 19.3 Å². The van der Waals surface area contributed by atoms with E-state index in [-0.39, 0.29) is 6.10 Å². The molecule has 4 heteroatoms. The molecule has 0 aromatic heterocycles. The summed E-state index contributed by atoms with van der Waals surface area (Å²) in [5.74, 6) is 0.563. The summed E-state index contributed by atoms with van der Waals surface area (Å²) in [6.45, 7) is 2.19. The minimum absolute atomic E-state index is 0.167. The molecule has 1 aromatic carbocycles. The summed E-state index contributed by atoms with van der Waals surface area (Å²) in [5.41, 5.74) is 11.9. The molecular formula is C14H20N2O2. The van der Waals surface area contributed by atoms with Gasteiger partial charge in [0.2, 0.25) is 0 Å². The molecule has 0 bridgehead atoms. The number of hydrogen-bond donors (Lipinski definition) is 2. The Kier molecular flexibility index (Phi) is 3.75. The van der Waals surface area contributed by atoms with Crippen LogP contribution in [0.15, 0.2) is 18.2 Å². The van der Waals surface area contributed by atoms with E-state index in [4.69, 9.17) is 16.2 Å². The van der Waals surface area contributed by atoms with Crippen molar-refractivity contribution in [2.24, 2.45) is 11.7 Å². The number of rotatable bonds is 3. The average molecular weight is 248 g/mol. The SMILES string of the molecule is CC1CCCCC1Oc1ccc(N)cc1C(N)=O. The van der Waals surface area contributed by atoms with Crippen LogP contribution < -0.4 is 16.2 Å². The fourth-order valence-corrected chi connectivity index (χ4v) is 2.46. The van der Waals surface area contributed by atoms with Gasteiger partial charge in [-0.15, -0.1) is 0 Å². The zero-order valence-corrected chi connectivity index (χ0v) is 10.7. The Bertz CT molecular complexity index is 445. The summed E-state index contributed by atoms with van der Waals surface area (Å²) in [6.07, 6.45) is 4.80. The molecule has 4 N–H and O–H groups in total. The highest BCUT2D eigenvalue weighted by atomic mass is 16.5. The van der Waals surface area contributed by atoms with E-state index in [9.17, 15) is 4.79 Å². The molecule has 0 aliphatic heterocycles. The van der Waals surface area contributed by atoms with Gasteiger partial charge in [-0.05, 0) is 43.4 Å². The first-order valence-electron chi connectivity index (χ1n) is 6.44. The van der Waals surface area contributed by atoms with Crippen LogP contribution in [0, 0.1) is 5.92 Å². The summed E-state index contributed by atoms with van der Waals surface area (Å²) in [7, 11) is 0. The van der Waals surface area contributed by atoms with Gasteiger partial charge >= 0.3 is 0 Å². The summed E-state index contributed by atoms with van der Waals surface area (Å²) < 4.78 is 5.96. The zero-order chi connectivity index (χ0) is 13.1. The first-order valence-corrected chi connectivity index (χ1v) is 6.44. The molecule has 0 saturated heterocycles. The molecule has 0 radical (unpaired) electrons. The summed E-state index contributed by atoms with van der Waals surface area (Å²) in [6, 6.07) is 5.04. The van der Waals surface area contributed by atoms with Gasteiger partial charge in [0.1, 0.15) is 11.9 Å². The minimum Gasteiger partial charge on any atom is -0.489 e. The Morgan fingerprint density at radius 3 is 2.72 bits per heavy atom. The molecule has 1 saturated carbocycles. The van der Waals surface area contributed by atoms with Gasteiger partial charge in [0, 0.05) is 5.69 Å². The van der Waals surface area contributed by atoms with Gasteiger partial charge in [-0.2, -0.15) is 0 Å². The number of anilines is 1. The Hall–Kier alpha value is -1.71. The van der Waals surface area contributed by atoms with Crippen molar-refractivity contribution >= 4 is 11.6 Å². The third kappa shape index (κ3) is 2.75. The maximum atomic E-state index is 11.4. The van der Waals surface area contributed by atoms with Crippen LogP contribution in [0.5, 0.6) is 5.75 Å². The van der Waals surface area contributed by atoms with Crippen LogP contribution in [0.3, 0.4) is 0 Å².